The maximum Gasteiger partial charge on any atom is 0.0896 e. The zero-order valence-corrected chi connectivity index (χ0v) is 8.36. The van der Waals surface area contributed by atoms with Crippen molar-refractivity contribution in [1.29, 1.82) is 0 Å². The first-order valence-corrected chi connectivity index (χ1v) is 4.58. The van der Waals surface area contributed by atoms with Crippen LogP contribution in [-0.2, 0) is 0 Å². The van der Waals surface area contributed by atoms with Crippen LogP contribution in [0.5, 0.6) is 0 Å². The second-order valence-electron chi connectivity index (χ2n) is 1.17. The maximum atomic E-state index is 5.66. The van der Waals surface area contributed by atoms with Crippen LogP contribution in [0.15, 0.2) is 13.6 Å². The fourth-order valence-corrected chi connectivity index (χ4v) is 3.25. The van der Waals surface area contributed by atoms with Gasteiger partial charge in [-0.15, -0.1) is 11.3 Å². The van der Waals surface area contributed by atoms with Gasteiger partial charge in [0.2, 0.25) is 0 Å². The van der Waals surface area contributed by atoms with Gasteiger partial charge in [-0.3, -0.25) is 0 Å². The fraction of sp³-hybridized carbons (Fsp3) is 0. The quantitative estimate of drug-likeness (QED) is 0.673. The monoisotopic (exact) mass is 274 g/mol. The molecule has 0 nitrogen and oxygen atoms in total. The highest BCUT2D eigenvalue weighted by Gasteiger charge is 1.99. The topological polar surface area (TPSA) is 0 Å². The normalized spacial score (nSPS) is 9.88. The molecular weight excluding hydrogens is 275 g/mol. The van der Waals surface area contributed by atoms with Crippen molar-refractivity contribution in [3.8, 4) is 0 Å². The molecule has 0 N–H and O–H groups in total. The van der Waals surface area contributed by atoms with Crippen molar-refractivity contribution in [2.75, 3.05) is 0 Å². The molecule has 0 atom stereocenters. The molecule has 0 saturated heterocycles. The molecule has 44 valence electrons. The molecule has 1 heterocycles. The standard InChI is InChI=1S/C4HBr2ClS/c5-3-1-2(7)4(6)8-3/h1H. The lowest BCUT2D eigenvalue weighted by molar-refractivity contribution is 1.92. The molecule has 1 rings (SSSR count). The van der Waals surface area contributed by atoms with Crippen molar-refractivity contribution < 1.29 is 0 Å². The number of rotatable bonds is 0. The van der Waals surface area contributed by atoms with Gasteiger partial charge < -0.3 is 0 Å². The lowest BCUT2D eigenvalue weighted by atomic mass is 10.7. The van der Waals surface area contributed by atoms with Gasteiger partial charge in [0.1, 0.15) is 0 Å². The van der Waals surface area contributed by atoms with Crippen molar-refractivity contribution in [3.05, 3.63) is 18.7 Å². The summed E-state index contributed by atoms with van der Waals surface area (Å²) in [6.45, 7) is 0. The number of hydrogen-bond acceptors (Lipinski definition) is 1. The van der Waals surface area contributed by atoms with Crippen molar-refractivity contribution >= 4 is 54.8 Å². The Hall–Kier alpha value is 0.950. The Morgan fingerprint density at radius 3 is 2.25 bits per heavy atom. The van der Waals surface area contributed by atoms with Gasteiger partial charge in [-0.1, -0.05) is 11.6 Å². The molecular formula is C4HBr2ClS. The van der Waals surface area contributed by atoms with Gasteiger partial charge in [-0.25, -0.2) is 0 Å². The minimum Gasteiger partial charge on any atom is -0.120 e. The summed E-state index contributed by atoms with van der Waals surface area (Å²) in [6, 6.07) is 1.86. The van der Waals surface area contributed by atoms with Gasteiger partial charge in [0, 0.05) is 0 Å². The third-order valence-corrected chi connectivity index (χ3v) is 3.59. The van der Waals surface area contributed by atoms with E-state index in [4.69, 9.17) is 11.6 Å². The molecule has 0 aliphatic heterocycles. The van der Waals surface area contributed by atoms with Crippen LogP contribution >= 0.6 is 54.8 Å². The number of hydrogen-bond donors (Lipinski definition) is 0. The minimum atomic E-state index is 0.766. The average Bonchev–Trinajstić information content (AvgIpc) is 1.85. The van der Waals surface area contributed by atoms with Crippen LogP contribution in [0, 0.1) is 0 Å². The summed E-state index contributed by atoms with van der Waals surface area (Å²) in [7, 11) is 0. The van der Waals surface area contributed by atoms with E-state index in [1.165, 1.54) is 0 Å². The molecule has 1 aromatic heterocycles. The molecule has 1 aromatic rings. The molecule has 8 heavy (non-hydrogen) atoms. The van der Waals surface area contributed by atoms with E-state index >= 15 is 0 Å². The first kappa shape index (κ1) is 7.06. The van der Waals surface area contributed by atoms with Crippen LogP contribution in [0.2, 0.25) is 5.02 Å². The van der Waals surface area contributed by atoms with Crippen LogP contribution in [0.1, 0.15) is 0 Å². The summed E-state index contributed by atoms with van der Waals surface area (Å²) in [5.74, 6) is 0. The third kappa shape index (κ3) is 1.47. The zero-order chi connectivity index (χ0) is 6.15. The average molecular weight is 276 g/mol. The fourth-order valence-electron chi connectivity index (χ4n) is 0.320. The third-order valence-electron chi connectivity index (χ3n) is 0.615. The minimum absolute atomic E-state index is 0.766. The molecule has 0 aliphatic carbocycles. The second kappa shape index (κ2) is 2.69. The lowest BCUT2D eigenvalue weighted by Crippen LogP contribution is -1.44. The molecule has 4 heteroatoms. The SMILES string of the molecule is Clc1cc(Br)sc1Br. The van der Waals surface area contributed by atoms with Crippen LogP contribution < -0.4 is 0 Å². The van der Waals surface area contributed by atoms with E-state index in [0.717, 1.165) is 12.6 Å². The summed E-state index contributed by atoms with van der Waals surface area (Å²) >= 11 is 13.8. The van der Waals surface area contributed by atoms with Crippen molar-refractivity contribution in [2.24, 2.45) is 0 Å². The van der Waals surface area contributed by atoms with Gasteiger partial charge >= 0.3 is 0 Å². The van der Waals surface area contributed by atoms with Crippen molar-refractivity contribution in [1.82, 2.24) is 0 Å². The van der Waals surface area contributed by atoms with Gasteiger partial charge in [0.05, 0.1) is 12.6 Å². The molecule has 0 fully saturated rings. The summed E-state index contributed by atoms with van der Waals surface area (Å²) in [5, 5.41) is 0.766. The van der Waals surface area contributed by atoms with Crippen molar-refractivity contribution in [3.63, 3.8) is 0 Å². The molecule has 0 unspecified atom stereocenters. The van der Waals surface area contributed by atoms with Crippen LogP contribution in [0.3, 0.4) is 0 Å². The van der Waals surface area contributed by atoms with E-state index in [0.29, 0.717) is 0 Å². The molecule has 0 amide bonds. The molecule has 0 bridgehead atoms. The Morgan fingerprint density at radius 2 is 2.12 bits per heavy atom. The Labute approximate surface area is 73.1 Å². The summed E-state index contributed by atoms with van der Waals surface area (Å²) in [6.07, 6.45) is 0. The van der Waals surface area contributed by atoms with Crippen LogP contribution in [0.4, 0.5) is 0 Å². The van der Waals surface area contributed by atoms with E-state index in [9.17, 15) is 0 Å². The smallest absolute Gasteiger partial charge is 0.0896 e. The Bertz CT molecular complexity index is 176. The first-order chi connectivity index (χ1) is 3.70. The highest BCUT2D eigenvalue weighted by molar-refractivity contribution is 9.12. The van der Waals surface area contributed by atoms with E-state index in [1.54, 1.807) is 11.3 Å². The zero-order valence-electron chi connectivity index (χ0n) is 3.62. The van der Waals surface area contributed by atoms with E-state index in [-0.39, 0.29) is 0 Å². The molecule has 0 radical (unpaired) electrons. The molecule has 0 saturated carbocycles. The van der Waals surface area contributed by atoms with Crippen LogP contribution in [0.25, 0.3) is 0 Å². The molecule has 0 aromatic carbocycles. The molecule has 0 aliphatic rings. The van der Waals surface area contributed by atoms with Gasteiger partial charge in [-0.2, -0.15) is 0 Å². The Balaban J connectivity index is 3.14. The second-order valence-corrected chi connectivity index (χ2v) is 5.33. The van der Waals surface area contributed by atoms with Crippen molar-refractivity contribution in [2.45, 2.75) is 0 Å². The predicted octanol–water partition coefficient (Wildman–Crippen LogP) is 3.93. The largest absolute Gasteiger partial charge is 0.120 e. The van der Waals surface area contributed by atoms with Gasteiger partial charge in [-0.05, 0) is 37.9 Å². The first-order valence-electron chi connectivity index (χ1n) is 1.80. The van der Waals surface area contributed by atoms with E-state index in [1.807, 2.05) is 6.07 Å². The maximum absolute atomic E-state index is 5.66. The van der Waals surface area contributed by atoms with E-state index in [2.05, 4.69) is 31.9 Å². The highest BCUT2D eigenvalue weighted by Crippen LogP contribution is 2.34. The lowest BCUT2D eigenvalue weighted by Gasteiger charge is -1.74. The van der Waals surface area contributed by atoms with Gasteiger partial charge in [0.25, 0.3) is 0 Å². The summed E-state index contributed by atoms with van der Waals surface area (Å²) < 4.78 is 2.03. The Kier molecular flexibility index (Phi) is 2.37. The molecule has 0 spiro atoms. The number of thiophene rings is 1. The van der Waals surface area contributed by atoms with Crippen LogP contribution in [-0.4, -0.2) is 0 Å². The van der Waals surface area contributed by atoms with Gasteiger partial charge in [0.15, 0.2) is 0 Å². The summed E-state index contributed by atoms with van der Waals surface area (Å²) in [4.78, 5) is 0. The predicted molar refractivity (Wildman–Crippen MR) is 44.7 cm³/mol. The number of halogens is 3. The van der Waals surface area contributed by atoms with E-state index < -0.39 is 0 Å². The Morgan fingerprint density at radius 1 is 1.50 bits per heavy atom. The summed E-state index contributed by atoms with van der Waals surface area (Å²) in [5.41, 5.74) is 0. The highest BCUT2D eigenvalue weighted by atomic mass is 79.9.